The van der Waals surface area contributed by atoms with Crippen LogP contribution in [0.15, 0.2) is 12.2 Å². The van der Waals surface area contributed by atoms with Gasteiger partial charge in [0, 0.05) is 0 Å². The summed E-state index contributed by atoms with van der Waals surface area (Å²) in [5.74, 6) is 0. The van der Waals surface area contributed by atoms with Crippen LogP contribution in [0.25, 0.3) is 0 Å². The van der Waals surface area contributed by atoms with Gasteiger partial charge in [0.2, 0.25) is 10.5 Å². The van der Waals surface area contributed by atoms with Gasteiger partial charge in [-0.05, 0) is 24.7 Å². The molecule has 0 N–H and O–H groups in total. The number of hydrogen-bond donors (Lipinski definition) is 0. The van der Waals surface area contributed by atoms with Gasteiger partial charge in [-0.15, -0.1) is 0 Å². The Bertz CT molecular complexity index is 101. The van der Waals surface area contributed by atoms with Crippen LogP contribution < -0.4 is 0 Å². The molecule has 0 saturated carbocycles. The van der Waals surface area contributed by atoms with Gasteiger partial charge in [0.05, 0.1) is 0 Å². The molecule has 0 rings (SSSR count). The van der Waals surface area contributed by atoms with Crippen LogP contribution >= 0.6 is 12.2 Å². The molecule has 8 heavy (non-hydrogen) atoms. The molecule has 0 aromatic rings. The zero-order valence-corrected chi connectivity index (χ0v) is 7.99. The van der Waals surface area contributed by atoms with Gasteiger partial charge in [0.1, 0.15) is 0 Å². The van der Waals surface area contributed by atoms with Gasteiger partial charge in [-0.25, -0.2) is 0 Å². The van der Waals surface area contributed by atoms with Crippen molar-refractivity contribution in [3.63, 3.8) is 0 Å². The van der Waals surface area contributed by atoms with Crippen molar-refractivity contribution in [1.29, 1.82) is 0 Å². The zero-order chi connectivity index (χ0) is 6.41. The van der Waals surface area contributed by atoms with Gasteiger partial charge in [0.25, 0.3) is 0 Å². The van der Waals surface area contributed by atoms with Crippen LogP contribution in [-0.4, -0.2) is 15.5 Å². The van der Waals surface area contributed by atoms with Crippen LogP contribution in [0.3, 0.4) is 0 Å². The second kappa shape index (κ2) is 4.99. The largest absolute Gasteiger partial charge is 0.546 e. The molecule has 0 aromatic heterocycles. The number of thiocarbonyl (C=S) groups is 1. The van der Waals surface area contributed by atoms with Crippen molar-refractivity contribution in [2.24, 2.45) is 0 Å². The minimum atomic E-state index is 0.610. The summed E-state index contributed by atoms with van der Waals surface area (Å²) in [5, 5.41) is 0.610. The van der Waals surface area contributed by atoms with E-state index >= 15 is 0 Å². The fraction of sp³-hybridized carbons (Fsp3) is 0.400. The van der Waals surface area contributed by atoms with E-state index < -0.39 is 0 Å². The Morgan fingerprint density at radius 2 is 2.50 bits per heavy atom. The summed E-state index contributed by atoms with van der Waals surface area (Å²) in [7, 11) is 0.697. The molecule has 0 fully saturated rings. The fourth-order valence-electron chi connectivity index (χ4n) is 0.282. The average molecular weight is 146 g/mol. The van der Waals surface area contributed by atoms with Crippen LogP contribution in [0.2, 0.25) is 0 Å². The molecule has 0 aliphatic heterocycles. The van der Waals surface area contributed by atoms with E-state index in [0.717, 1.165) is 6.42 Å². The van der Waals surface area contributed by atoms with E-state index in [1.807, 2.05) is 12.2 Å². The lowest BCUT2D eigenvalue weighted by Gasteiger charge is -1.91. The normalized spacial score (nSPS) is 10.1. The van der Waals surface area contributed by atoms with Gasteiger partial charge in [-0.2, -0.15) is 0 Å². The smallest absolute Gasteiger partial charge is 0.205 e. The molecule has 0 unspecified atom stereocenters. The maximum absolute atomic E-state index is 4.84. The highest BCUT2D eigenvalue weighted by Gasteiger charge is 1.79. The van der Waals surface area contributed by atoms with E-state index in [-0.39, 0.29) is 0 Å². The molecule has 0 aromatic carbocycles. The summed E-state index contributed by atoms with van der Waals surface area (Å²) in [6.45, 7) is 2.06. The molecule has 1 nitrogen and oxygen atoms in total. The van der Waals surface area contributed by atoms with E-state index in [2.05, 4.69) is 6.92 Å². The van der Waals surface area contributed by atoms with Crippen LogP contribution in [0.4, 0.5) is 0 Å². The molecule has 0 aliphatic carbocycles. The lowest BCUT2D eigenvalue weighted by atomic mass is 10.4. The molecule has 0 spiro atoms. The Morgan fingerprint density at radius 1 is 1.88 bits per heavy atom. The molecule has 0 saturated heterocycles. The first-order chi connectivity index (χ1) is 3.81. The maximum atomic E-state index is 4.84. The van der Waals surface area contributed by atoms with Gasteiger partial charge in [0.15, 0.2) is 5.05 Å². The average Bonchev–Trinajstić information content (AvgIpc) is 1.83. The quantitative estimate of drug-likeness (QED) is 0.320. The highest BCUT2D eigenvalue weighted by molar-refractivity contribution is 7.80. The first-order valence-corrected chi connectivity index (χ1v) is 3.78. The Balaban J connectivity index is 3.37. The number of rotatable bonds is 2. The summed E-state index contributed by atoms with van der Waals surface area (Å²) in [6.07, 6.45) is 4.83. The third-order valence-corrected chi connectivity index (χ3v) is 1.73. The van der Waals surface area contributed by atoms with Gasteiger partial charge in [-0.1, -0.05) is 13.0 Å². The molecular weight excluding hydrogens is 136 g/mol. The minimum Gasteiger partial charge on any atom is -0.546 e. The fourth-order valence-corrected chi connectivity index (χ4v) is 0.514. The van der Waals surface area contributed by atoms with Crippen molar-refractivity contribution in [2.45, 2.75) is 13.3 Å². The monoisotopic (exact) mass is 146 g/mol. The molecular formula is C5H10OSSi. The third-order valence-electron chi connectivity index (χ3n) is 0.691. The lowest BCUT2D eigenvalue weighted by molar-refractivity contribution is 0.635. The standard InChI is InChI=1S/C5H10OSSi/c1-2-3-4-5(7)6-8/h3-4H,2H2,1,8H3. The van der Waals surface area contributed by atoms with E-state index in [9.17, 15) is 0 Å². The first-order valence-electron chi connectivity index (χ1n) is 2.55. The zero-order valence-electron chi connectivity index (χ0n) is 5.18. The van der Waals surface area contributed by atoms with Gasteiger partial charge >= 0.3 is 0 Å². The molecule has 0 radical (unpaired) electrons. The predicted octanol–water partition coefficient (Wildman–Crippen LogP) is 0.577. The first kappa shape index (κ1) is 7.85. The van der Waals surface area contributed by atoms with Crippen molar-refractivity contribution in [3.05, 3.63) is 12.2 Å². The molecule has 3 heteroatoms. The summed E-state index contributed by atoms with van der Waals surface area (Å²) < 4.78 is 4.84. The van der Waals surface area contributed by atoms with E-state index in [1.165, 1.54) is 0 Å². The van der Waals surface area contributed by atoms with E-state index in [0.29, 0.717) is 15.5 Å². The Hall–Kier alpha value is -0.153. The maximum Gasteiger partial charge on any atom is 0.205 e. The Labute approximate surface area is 58.3 Å². The van der Waals surface area contributed by atoms with Crippen LogP contribution in [0.1, 0.15) is 13.3 Å². The highest BCUT2D eigenvalue weighted by atomic mass is 32.1. The molecule has 0 bridgehead atoms. The molecule has 0 amide bonds. The summed E-state index contributed by atoms with van der Waals surface area (Å²) >= 11 is 4.75. The molecule has 0 heterocycles. The van der Waals surface area contributed by atoms with Crippen molar-refractivity contribution in [3.8, 4) is 0 Å². The van der Waals surface area contributed by atoms with E-state index in [1.54, 1.807) is 0 Å². The summed E-state index contributed by atoms with van der Waals surface area (Å²) in [5.41, 5.74) is 0. The van der Waals surface area contributed by atoms with Crippen molar-refractivity contribution >= 4 is 27.8 Å². The number of allylic oxidation sites excluding steroid dienone is 1. The van der Waals surface area contributed by atoms with Crippen LogP contribution in [0, 0.1) is 0 Å². The van der Waals surface area contributed by atoms with Gasteiger partial charge in [-0.3, -0.25) is 0 Å². The van der Waals surface area contributed by atoms with Crippen molar-refractivity contribution < 1.29 is 4.43 Å². The number of hydrogen-bond acceptors (Lipinski definition) is 2. The topological polar surface area (TPSA) is 9.23 Å². The summed E-state index contributed by atoms with van der Waals surface area (Å²) in [4.78, 5) is 0. The predicted molar refractivity (Wildman–Crippen MR) is 43.1 cm³/mol. The molecule has 0 atom stereocenters. The molecule has 0 aliphatic rings. The lowest BCUT2D eigenvalue weighted by Crippen LogP contribution is -1.90. The second-order valence-corrected chi connectivity index (χ2v) is 2.14. The van der Waals surface area contributed by atoms with Gasteiger partial charge < -0.3 is 4.43 Å². The van der Waals surface area contributed by atoms with Crippen molar-refractivity contribution in [1.82, 2.24) is 0 Å². The SMILES string of the molecule is CCC=CC(=S)O[SiH3]. The third kappa shape index (κ3) is 4.02. The second-order valence-electron chi connectivity index (χ2n) is 1.33. The van der Waals surface area contributed by atoms with Crippen LogP contribution in [-0.2, 0) is 4.43 Å². The van der Waals surface area contributed by atoms with Crippen LogP contribution in [0.5, 0.6) is 0 Å². The minimum absolute atomic E-state index is 0.610. The Kier molecular flexibility index (Phi) is 4.90. The summed E-state index contributed by atoms with van der Waals surface area (Å²) in [6, 6.07) is 0. The Morgan fingerprint density at radius 3 is 2.88 bits per heavy atom. The van der Waals surface area contributed by atoms with Crippen molar-refractivity contribution in [2.75, 3.05) is 0 Å². The highest BCUT2D eigenvalue weighted by Crippen LogP contribution is 1.83. The van der Waals surface area contributed by atoms with E-state index in [4.69, 9.17) is 16.6 Å². The molecule has 46 valence electrons.